The Bertz CT molecular complexity index is 1530. The first-order valence-corrected chi connectivity index (χ1v) is 12.3. The van der Waals surface area contributed by atoms with E-state index in [0.717, 1.165) is 49.4 Å². The molecule has 5 heterocycles. The van der Waals surface area contributed by atoms with Crippen molar-refractivity contribution in [3.63, 3.8) is 0 Å². The lowest BCUT2D eigenvalue weighted by Gasteiger charge is -2.39. The van der Waals surface area contributed by atoms with Gasteiger partial charge < -0.3 is 20.1 Å². The summed E-state index contributed by atoms with van der Waals surface area (Å²) in [6.07, 6.45) is 6.33. The minimum Gasteiger partial charge on any atom is -0.374 e. The van der Waals surface area contributed by atoms with Crippen molar-refractivity contribution in [1.29, 1.82) is 0 Å². The first-order valence-electron chi connectivity index (χ1n) is 12.3. The molecule has 3 aromatic heterocycles. The second-order valence-electron chi connectivity index (χ2n) is 9.75. The zero-order valence-corrected chi connectivity index (χ0v) is 20.0. The molecule has 184 valence electrons. The molecule has 10 heteroatoms. The number of aromatic nitrogens is 5. The molecule has 3 aliphatic rings. The molecule has 36 heavy (non-hydrogen) atoms. The average Bonchev–Trinajstić information content (AvgIpc) is 3.68. The fraction of sp³-hybridized carbons (Fsp3) is 0.385. The number of hydrogen-bond acceptors (Lipinski definition) is 8. The number of nitrogens with one attached hydrogen (secondary N) is 2. The summed E-state index contributed by atoms with van der Waals surface area (Å²) in [6, 6.07) is 10.4. The third-order valence-corrected chi connectivity index (χ3v) is 7.38. The van der Waals surface area contributed by atoms with Crippen LogP contribution in [-0.4, -0.2) is 51.2 Å². The second kappa shape index (κ2) is 8.22. The summed E-state index contributed by atoms with van der Waals surface area (Å²) in [4.78, 5) is 27.3. The van der Waals surface area contributed by atoms with Gasteiger partial charge in [-0.3, -0.25) is 9.78 Å². The van der Waals surface area contributed by atoms with Crippen LogP contribution in [0, 0.1) is 0 Å². The number of ether oxygens (including phenoxy) is 2. The molecule has 7 rings (SSSR count). The lowest BCUT2D eigenvalue weighted by molar-refractivity contribution is -0.204. The minimum absolute atomic E-state index is 0.0781. The first kappa shape index (κ1) is 21.7. The van der Waals surface area contributed by atoms with E-state index in [4.69, 9.17) is 14.5 Å². The molecule has 1 saturated heterocycles. The molecule has 1 saturated carbocycles. The Morgan fingerprint density at radius 1 is 1.17 bits per heavy atom. The molecule has 1 aliphatic carbocycles. The molecule has 4 aromatic rings. The van der Waals surface area contributed by atoms with Crippen molar-refractivity contribution in [2.24, 2.45) is 0 Å². The van der Waals surface area contributed by atoms with Crippen molar-refractivity contribution in [1.82, 2.24) is 29.6 Å². The maximum absolute atomic E-state index is 13.4. The molecule has 0 bridgehead atoms. The molecule has 2 fully saturated rings. The van der Waals surface area contributed by atoms with Crippen LogP contribution in [0.15, 0.2) is 47.5 Å². The van der Waals surface area contributed by atoms with Crippen molar-refractivity contribution < 1.29 is 9.47 Å². The average molecular weight is 486 g/mol. The fourth-order valence-corrected chi connectivity index (χ4v) is 5.10. The second-order valence-corrected chi connectivity index (χ2v) is 9.75. The van der Waals surface area contributed by atoms with Gasteiger partial charge in [-0.1, -0.05) is 6.07 Å². The number of anilines is 2. The number of hydrogen-bond donors (Lipinski definition) is 2. The van der Waals surface area contributed by atoms with Crippen LogP contribution in [0.5, 0.6) is 0 Å². The highest BCUT2D eigenvalue weighted by Crippen LogP contribution is 2.37. The van der Waals surface area contributed by atoms with Crippen molar-refractivity contribution >= 4 is 22.7 Å². The van der Waals surface area contributed by atoms with Crippen LogP contribution in [0.2, 0.25) is 0 Å². The van der Waals surface area contributed by atoms with Crippen molar-refractivity contribution in [2.75, 3.05) is 32.2 Å². The molecular weight excluding hydrogens is 458 g/mol. The number of benzene rings is 1. The largest absolute Gasteiger partial charge is 0.374 e. The van der Waals surface area contributed by atoms with Gasteiger partial charge in [-0.25, -0.2) is 14.3 Å². The molecule has 0 unspecified atom stereocenters. The monoisotopic (exact) mass is 485 g/mol. The number of pyridine rings is 1. The van der Waals surface area contributed by atoms with Crippen LogP contribution in [0.25, 0.3) is 16.7 Å². The third-order valence-electron chi connectivity index (χ3n) is 7.38. The van der Waals surface area contributed by atoms with Gasteiger partial charge in [0.25, 0.3) is 5.56 Å². The molecule has 10 nitrogen and oxygen atoms in total. The molecule has 0 radical (unpaired) electrons. The summed E-state index contributed by atoms with van der Waals surface area (Å²) in [5.41, 5.74) is 5.08. The zero-order valence-electron chi connectivity index (χ0n) is 20.0. The van der Waals surface area contributed by atoms with E-state index < -0.39 is 5.60 Å². The van der Waals surface area contributed by atoms with E-state index in [9.17, 15) is 4.79 Å². The van der Waals surface area contributed by atoms with E-state index in [1.54, 1.807) is 19.5 Å². The zero-order chi connectivity index (χ0) is 24.3. The maximum atomic E-state index is 13.4. The Balaban J connectivity index is 1.33. The van der Waals surface area contributed by atoms with E-state index in [1.807, 2.05) is 21.5 Å². The van der Waals surface area contributed by atoms with Gasteiger partial charge in [-0.15, -0.1) is 0 Å². The van der Waals surface area contributed by atoms with Gasteiger partial charge in [-0.05, 0) is 61.2 Å². The van der Waals surface area contributed by atoms with E-state index in [-0.39, 0.29) is 11.6 Å². The summed E-state index contributed by atoms with van der Waals surface area (Å²) in [5.74, 6) is 0.447. The Hall–Kier alpha value is -3.60. The molecule has 0 atom stereocenters. The third kappa shape index (κ3) is 3.44. The maximum Gasteiger partial charge on any atom is 0.278 e. The van der Waals surface area contributed by atoms with Gasteiger partial charge in [0.1, 0.15) is 5.39 Å². The predicted molar refractivity (Wildman–Crippen MR) is 134 cm³/mol. The highest BCUT2D eigenvalue weighted by molar-refractivity contribution is 5.77. The summed E-state index contributed by atoms with van der Waals surface area (Å²) in [6.45, 7) is 2.76. The Morgan fingerprint density at radius 2 is 2.06 bits per heavy atom. The molecule has 0 amide bonds. The molecule has 1 aromatic carbocycles. The van der Waals surface area contributed by atoms with Gasteiger partial charge in [0, 0.05) is 31.7 Å². The van der Waals surface area contributed by atoms with Crippen molar-refractivity contribution in [3.8, 4) is 5.69 Å². The van der Waals surface area contributed by atoms with Crippen molar-refractivity contribution in [2.45, 2.75) is 37.5 Å². The Morgan fingerprint density at radius 3 is 2.83 bits per heavy atom. The Kier molecular flexibility index (Phi) is 4.95. The lowest BCUT2D eigenvalue weighted by atomic mass is 9.96. The van der Waals surface area contributed by atoms with Gasteiger partial charge in [0.2, 0.25) is 5.95 Å². The van der Waals surface area contributed by atoms with Gasteiger partial charge in [0.05, 0.1) is 30.6 Å². The van der Waals surface area contributed by atoms with Crippen LogP contribution in [0.3, 0.4) is 0 Å². The fourth-order valence-electron chi connectivity index (χ4n) is 5.10. The van der Waals surface area contributed by atoms with Crippen molar-refractivity contribution in [3.05, 3.63) is 69.9 Å². The molecule has 2 N–H and O–H groups in total. The Labute approximate surface area is 207 Å². The topological polar surface area (TPSA) is 108 Å². The summed E-state index contributed by atoms with van der Waals surface area (Å²) >= 11 is 0. The summed E-state index contributed by atoms with van der Waals surface area (Å²) in [5, 5.41) is 7.25. The highest BCUT2D eigenvalue weighted by atomic mass is 16.6. The number of nitrogens with zero attached hydrogens (tertiary/aromatic N) is 5. The van der Waals surface area contributed by atoms with Crippen LogP contribution < -0.4 is 16.2 Å². The molecular formula is C26H27N7O3. The van der Waals surface area contributed by atoms with E-state index in [2.05, 4.69) is 38.8 Å². The first-order chi connectivity index (χ1) is 17.6. The van der Waals surface area contributed by atoms with Gasteiger partial charge >= 0.3 is 0 Å². The minimum atomic E-state index is -0.563. The van der Waals surface area contributed by atoms with Gasteiger partial charge in [-0.2, -0.15) is 4.98 Å². The van der Waals surface area contributed by atoms with E-state index >= 15 is 0 Å². The van der Waals surface area contributed by atoms with E-state index in [0.29, 0.717) is 30.2 Å². The summed E-state index contributed by atoms with van der Waals surface area (Å²) in [7, 11) is 1.67. The molecule has 0 spiro atoms. The van der Waals surface area contributed by atoms with E-state index in [1.165, 1.54) is 11.1 Å². The highest BCUT2D eigenvalue weighted by Gasteiger charge is 2.42. The van der Waals surface area contributed by atoms with Crippen LogP contribution in [0.4, 0.5) is 11.6 Å². The number of fused-ring (bicyclic) bond motifs is 2. The van der Waals surface area contributed by atoms with Crippen LogP contribution in [0.1, 0.15) is 35.7 Å². The quantitative estimate of drug-likeness (QED) is 0.429. The number of methoxy groups -OCH3 is 1. The normalized spacial score (nSPS) is 18.6. The summed E-state index contributed by atoms with van der Waals surface area (Å²) < 4.78 is 14.9. The predicted octanol–water partition coefficient (Wildman–Crippen LogP) is 2.57. The van der Waals surface area contributed by atoms with Gasteiger partial charge in [0.15, 0.2) is 11.2 Å². The standard InChI is InChI=1S/C26H27N7O3/c1-35-26(14-36-15-26)22-11-20(7-9-28-22)32-23-21(24(34)33(32)19-4-5-19)13-29-25(31-23)30-18-3-2-16-6-8-27-12-17(16)10-18/h2-3,7,9-11,13,19,27H,4-6,8,12,14-15H2,1H3,(H,29,30,31). The van der Waals surface area contributed by atoms with Crippen LogP contribution >= 0.6 is 0 Å². The lowest BCUT2D eigenvalue weighted by Crippen LogP contribution is -2.48. The number of rotatable bonds is 6. The SMILES string of the molecule is COC1(c2cc(-n3c4nc(Nc5ccc6c(c5)CNCC6)ncc4c(=O)n3C3CC3)ccn2)COC1. The molecule has 2 aliphatic heterocycles. The smallest absolute Gasteiger partial charge is 0.278 e. The van der Waals surface area contributed by atoms with Crippen LogP contribution in [-0.2, 0) is 28.0 Å².